The Hall–Kier alpha value is -1.06. The lowest BCUT2D eigenvalue weighted by Gasteiger charge is -2.21. The highest BCUT2D eigenvalue weighted by molar-refractivity contribution is 5.35. The Kier molecular flexibility index (Phi) is 3.69. The molecule has 2 unspecified atom stereocenters. The molecule has 2 atom stereocenters. The van der Waals surface area contributed by atoms with Gasteiger partial charge in [0.15, 0.2) is 0 Å². The maximum absolute atomic E-state index is 9.85. The van der Waals surface area contributed by atoms with Crippen LogP contribution >= 0.6 is 0 Å². The van der Waals surface area contributed by atoms with Gasteiger partial charge in [-0.1, -0.05) is 17.7 Å². The molecule has 1 saturated heterocycles. The molecule has 1 aliphatic heterocycles. The second-order valence-corrected chi connectivity index (χ2v) is 5.25. The first kappa shape index (κ1) is 12.4. The van der Waals surface area contributed by atoms with Crippen molar-refractivity contribution in [3.8, 4) is 5.75 Å². The van der Waals surface area contributed by atoms with Crippen molar-refractivity contribution in [3.05, 3.63) is 29.3 Å². The minimum Gasteiger partial charge on any atom is -0.508 e. The van der Waals surface area contributed by atoms with Gasteiger partial charge in [-0.05, 0) is 38.8 Å². The number of phenols is 1. The van der Waals surface area contributed by atoms with E-state index in [1.807, 2.05) is 6.07 Å². The van der Waals surface area contributed by atoms with E-state index >= 15 is 0 Å². The Balaban J connectivity index is 2.08. The summed E-state index contributed by atoms with van der Waals surface area (Å²) in [6, 6.07) is 6.35. The molecular formula is C14H22N2O. The molecule has 0 saturated carbocycles. The van der Waals surface area contributed by atoms with Crippen LogP contribution < -0.4 is 5.73 Å². The summed E-state index contributed by atoms with van der Waals surface area (Å²) in [6.45, 7) is 6.93. The molecule has 0 radical (unpaired) electrons. The lowest BCUT2D eigenvalue weighted by Crippen LogP contribution is -2.27. The quantitative estimate of drug-likeness (QED) is 0.839. The predicted octanol–water partition coefficient (Wildman–Crippen LogP) is 1.87. The minimum absolute atomic E-state index is 0.402. The molecule has 17 heavy (non-hydrogen) atoms. The van der Waals surface area contributed by atoms with E-state index in [0.29, 0.717) is 17.7 Å². The summed E-state index contributed by atoms with van der Waals surface area (Å²) >= 11 is 0. The highest BCUT2D eigenvalue weighted by atomic mass is 16.3. The third kappa shape index (κ3) is 2.79. The van der Waals surface area contributed by atoms with Crippen LogP contribution in [0.2, 0.25) is 0 Å². The maximum Gasteiger partial charge on any atom is 0.120 e. The van der Waals surface area contributed by atoms with E-state index in [2.05, 4.69) is 24.8 Å². The van der Waals surface area contributed by atoms with E-state index in [9.17, 15) is 5.11 Å². The number of aryl methyl sites for hydroxylation is 1. The minimum atomic E-state index is 0.402. The van der Waals surface area contributed by atoms with E-state index in [1.165, 1.54) is 12.0 Å². The van der Waals surface area contributed by atoms with E-state index in [1.54, 1.807) is 6.07 Å². The number of hydrogen-bond acceptors (Lipinski definition) is 3. The number of hydrogen-bond donors (Lipinski definition) is 2. The molecule has 0 bridgehead atoms. The maximum atomic E-state index is 9.85. The highest BCUT2D eigenvalue weighted by Crippen LogP contribution is 2.27. The second-order valence-electron chi connectivity index (χ2n) is 5.25. The molecule has 1 aliphatic rings. The molecule has 1 aromatic carbocycles. The van der Waals surface area contributed by atoms with Crippen molar-refractivity contribution in [2.75, 3.05) is 13.1 Å². The summed E-state index contributed by atoms with van der Waals surface area (Å²) in [5.41, 5.74) is 7.95. The first-order valence-corrected chi connectivity index (χ1v) is 6.32. The largest absolute Gasteiger partial charge is 0.508 e. The fraction of sp³-hybridized carbons (Fsp3) is 0.571. The molecule has 2 rings (SSSR count). The average Bonchev–Trinajstić information content (AvgIpc) is 2.65. The number of nitrogens with two attached hydrogens (primary N) is 1. The third-order valence-electron chi connectivity index (χ3n) is 3.73. The molecule has 0 aliphatic carbocycles. The van der Waals surface area contributed by atoms with Crippen molar-refractivity contribution in [2.24, 2.45) is 11.7 Å². The number of phenolic OH excluding ortho intramolecular Hbond substituents is 1. The van der Waals surface area contributed by atoms with Crippen LogP contribution in [0, 0.1) is 12.8 Å². The second kappa shape index (κ2) is 5.07. The van der Waals surface area contributed by atoms with Gasteiger partial charge in [-0.2, -0.15) is 0 Å². The zero-order valence-corrected chi connectivity index (χ0v) is 10.7. The van der Waals surface area contributed by atoms with E-state index in [0.717, 1.165) is 25.2 Å². The number of benzene rings is 1. The fourth-order valence-electron chi connectivity index (χ4n) is 2.67. The molecule has 3 heteroatoms. The molecule has 1 fully saturated rings. The Morgan fingerprint density at radius 2 is 2.24 bits per heavy atom. The van der Waals surface area contributed by atoms with E-state index in [-0.39, 0.29) is 0 Å². The Bertz CT molecular complexity index is 392. The first-order valence-electron chi connectivity index (χ1n) is 6.32. The molecular weight excluding hydrogens is 212 g/mol. The van der Waals surface area contributed by atoms with Crippen LogP contribution in [0.15, 0.2) is 18.2 Å². The normalized spacial score (nSPS) is 25.4. The van der Waals surface area contributed by atoms with Gasteiger partial charge in [-0.15, -0.1) is 0 Å². The summed E-state index contributed by atoms with van der Waals surface area (Å²) < 4.78 is 0. The molecule has 0 spiro atoms. The van der Waals surface area contributed by atoms with E-state index in [4.69, 9.17) is 5.73 Å². The molecule has 3 nitrogen and oxygen atoms in total. The topological polar surface area (TPSA) is 49.5 Å². The first-order chi connectivity index (χ1) is 8.10. The third-order valence-corrected chi connectivity index (χ3v) is 3.73. The van der Waals surface area contributed by atoms with Crippen LogP contribution in [-0.4, -0.2) is 29.1 Å². The van der Waals surface area contributed by atoms with Crippen LogP contribution in [0.4, 0.5) is 0 Å². The molecule has 1 aromatic rings. The zero-order chi connectivity index (χ0) is 12.4. The van der Waals surface area contributed by atoms with Gasteiger partial charge >= 0.3 is 0 Å². The zero-order valence-electron chi connectivity index (χ0n) is 10.7. The van der Waals surface area contributed by atoms with Gasteiger partial charge in [-0.3, -0.25) is 4.90 Å². The highest BCUT2D eigenvalue weighted by Gasteiger charge is 2.28. The van der Waals surface area contributed by atoms with Gasteiger partial charge in [0.1, 0.15) is 5.75 Å². The number of rotatable bonds is 3. The Labute approximate surface area is 103 Å². The standard InChI is InChI=1S/C14H22N2O/c1-10-3-4-14(17)13(5-10)9-16-8-12(7-15)6-11(16)2/h3-5,11-12,17H,6-9,15H2,1-2H3. The van der Waals surface area contributed by atoms with Gasteiger partial charge in [0.05, 0.1) is 0 Å². The van der Waals surface area contributed by atoms with Gasteiger partial charge in [0.2, 0.25) is 0 Å². The summed E-state index contributed by atoms with van der Waals surface area (Å²) in [5, 5.41) is 9.85. The summed E-state index contributed by atoms with van der Waals surface area (Å²) in [4.78, 5) is 2.41. The number of nitrogens with zero attached hydrogens (tertiary/aromatic N) is 1. The van der Waals surface area contributed by atoms with Crippen LogP contribution in [0.5, 0.6) is 5.75 Å². The van der Waals surface area contributed by atoms with Crippen LogP contribution in [0.3, 0.4) is 0 Å². The molecule has 0 amide bonds. The summed E-state index contributed by atoms with van der Waals surface area (Å²) in [5.74, 6) is 1.01. The lowest BCUT2D eigenvalue weighted by atomic mass is 10.1. The van der Waals surface area contributed by atoms with Gasteiger partial charge < -0.3 is 10.8 Å². The van der Waals surface area contributed by atoms with Crippen molar-refractivity contribution < 1.29 is 5.11 Å². The fourth-order valence-corrected chi connectivity index (χ4v) is 2.67. The number of likely N-dealkylation sites (tertiary alicyclic amines) is 1. The monoisotopic (exact) mass is 234 g/mol. The van der Waals surface area contributed by atoms with Crippen molar-refractivity contribution in [3.63, 3.8) is 0 Å². The van der Waals surface area contributed by atoms with Crippen molar-refractivity contribution in [2.45, 2.75) is 32.9 Å². The smallest absolute Gasteiger partial charge is 0.120 e. The Morgan fingerprint density at radius 1 is 1.47 bits per heavy atom. The van der Waals surface area contributed by atoms with Crippen LogP contribution in [0.1, 0.15) is 24.5 Å². The summed E-state index contributed by atoms with van der Waals surface area (Å²) in [7, 11) is 0. The predicted molar refractivity (Wildman–Crippen MR) is 69.9 cm³/mol. The van der Waals surface area contributed by atoms with E-state index < -0.39 is 0 Å². The van der Waals surface area contributed by atoms with Gasteiger partial charge in [0.25, 0.3) is 0 Å². The Morgan fingerprint density at radius 3 is 2.88 bits per heavy atom. The SMILES string of the molecule is Cc1ccc(O)c(CN2CC(CN)CC2C)c1. The molecule has 1 heterocycles. The number of aromatic hydroxyl groups is 1. The lowest BCUT2D eigenvalue weighted by molar-refractivity contribution is 0.252. The van der Waals surface area contributed by atoms with Crippen molar-refractivity contribution in [1.29, 1.82) is 0 Å². The molecule has 3 N–H and O–H groups in total. The average molecular weight is 234 g/mol. The molecule has 94 valence electrons. The summed E-state index contributed by atoms with van der Waals surface area (Å²) in [6.07, 6.45) is 1.17. The van der Waals surface area contributed by atoms with Gasteiger partial charge in [0, 0.05) is 24.7 Å². The van der Waals surface area contributed by atoms with Gasteiger partial charge in [-0.25, -0.2) is 0 Å². The molecule has 0 aromatic heterocycles. The van der Waals surface area contributed by atoms with Crippen molar-refractivity contribution in [1.82, 2.24) is 4.90 Å². The van der Waals surface area contributed by atoms with Crippen LogP contribution in [0.25, 0.3) is 0 Å². The van der Waals surface area contributed by atoms with Crippen molar-refractivity contribution >= 4 is 0 Å². The van der Waals surface area contributed by atoms with Crippen LogP contribution in [-0.2, 0) is 6.54 Å².